The predicted octanol–water partition coefficient (Wildman–Crippen LogP) is 4.43. The highest BCUT2D eigenvalue weighted by molar-refractivity contribution is 8.21. The molecule has 0 atom stereocenters. The monoisotopic (exact) mass is 396 g/mol. The number of hydrogen-bond donors (Lipinski definition) is 0. The van der Waals surface area contributed by atoms with Crippen LogP contribution in [0.3, 0.4) is 0 Å². The Morgan fingerprint density at radius 2 is 1.07 bits per heavy atom. The van der Waals surface area contributed by atoms with Gasteiger partial charge in [-0.2, -0.15) is 0 Å². The van der Waals surface area contributed by atoms with E-state index in [0.29, 0.717) is 4.08 Å². The van der Waals surface area contributed by atoms with Crippen LogP contribution in [0, 0.1) is 11.8 Å². The molecule has 2 bridgehead atoms. The summed E-state index contributed by atoms with van der Waals surface area (Å²) in [6.45, 7) is 7.20. The van der Waals surface area contributed by atoms with Gasteiger partial charge in [0, 0.05) is 62.6 Å². The van der Waals surface area contributed by atoms with Gasteiger partial charge >= 0.3 is 0 Å². The number of thioether (sulfide) groups is 2. The summed E-state index contributed by atoms with van der Waals surface area (Å²) in [4.78, 5) is 5.46. The molecule has 3 fully saturated rings. The van der Waals surface area contributed by atoms with E-state index in [1.807, 2.05) is 0 Å². The van der Waals surface area contributed by atoms with E-state index in [1.54, 1.807) is 0 Å². The van der Waals surface area contributed by atoms with Crippen LogP contribution in [0.5, 0.6) is 0 Å². The Hall–Kier alpha value is -0.940. The second-order valence-electron chi connectivity index (χ2n) is 8.17. The first-order valence-corrected chi connectivity index (χ1v) is 12.1. The van der Waals surface area contributed by atoms with Crippen LogP contribution in [0.4, 0.5) is 0 Å². The lowest BCUT2D eigenvalue weighted by Crippen LogP contribution is -2.63. The number of likely N-dealkylation sites (tertiary alicyclic amines) is 2. The van der Waals surface area contributed by atoms with Crippen molar-refractivity contribution in [2.45, 2.75) is 17.2 Å². The first-order chi connectivity index (χ1) is 13.3. The van der Waals surface area contributed by atoms with Crippen molar-refractivity contribution in [1.82, 2.24) is 9.80 Å². The summed E-state index contributed by atoms with van der Waals surface area (Å²) in [6, 6.07) is 22.0. The van der Waals surface area contributed by atoms with Gasteiger partial charge in [0.1, 0.15) is 0 Å². The van der Waals surface area contributed by atoms with E-state index in [1.165, 1.54) is 48.8 Å². The Morgan fingerprint density at radius 3 is 1.48 bits per heavy atom. The highest BCUT2D eigenvalue weighted by Crippen LogP contribution is 2.58. The molecular formula is C23H28N2S2. The van der Waals surface area contributed by atoms with Gasteiger partial charge in [-0.15, -0.1) is 23.5 Å². The van der Waals surface area contributed by atoms with Crippen molar-refractivity contribution in [2.75, 3.05) is 37.7 Å². The topological polar surface area (TPSA) is 6.48 Å². The molecule has 0 unspecified atom stereocenters. The predicted molar refractivity (Wildman–Crippen MR) is 118 cm³/mol. The maximum Gasteiger partial charge on any atom is 0.0716 e. The molecule has 0 radical (unpaired) electrons. The minimum Gasteiger partial charge on any atom is -0.298 e. The van der Waals surface area contributed by atoms with Gasteiger partial charge in [0.15, 0.2) is 0 Å². The summed E-state index contributed by atoms with van der Waals surface area (Å²) in [5.74, 6) is 4.23. The van der Waals surface area contributed by atoms with Crippen LogP contribution in [-0.4, -0.2) is 51.6 Å². The van der Waals surface area contributed by atoms with Crippen molar-refractivity contribution in [3.63, 3.8) is 0 Å². The normalized spacial score (nSPS) is 27.9. The third-order valence-corrected chi connectivity index (χ3v) is 10.3. The highest BCUT2D eigenvalue weighted by atomic mass is 32.2. The molecule has 0 saturated carbocycles. The molecular weight excluding hydrogens is 368 g/mol. The molecule has 2 nitrogen and oxygen atoms in total. The Kier molecular flexibility index (Phi) is 5.25. The largest absolute Gasteiger partial charge is 0.298 e. The average Bonchev–Trinajstić information content (AvgIpc) is 3.15. The zero-order chi connectivity index (χ0) is 18.1. The van der Waals surface area contributed by atoms with Gasteiger partial charge in [0.25, 0.3) is 0 Å². The van der Waals surface area contributed by atoms with E-state index in [9.17, 15) is 0 Å². The Morgan fingerprint density at radius 1 is 0.667 bits per heavy atom. The number of piperidine rings is 2. The molecule has 0 amide bonds. The zero-order valence-electron chi connectivity index (χ0n) is 15.8. The summed E-state index contributed by atoms with van der Waals surface area (Å²) >= 11 is 4.57. The zero-order valence-corrected chi connectivity index (χ0v) is 17.4. The molecule has 27 heavy (non-hydrogen) atoms. The van der Waals surface area contributed by atoms with Crippen molar-refractivity contribution < 1.29 is 0 Å². The van der Waals surface area contributed by atoms with Crippen LogP contribution in [0.15, 0.2) is 60.7 Å². The molecule has 3 aliphatic heterocycles. The minimum absolute atomic E-state index is 0.486. The Balaban J connectivity index is 1.32. The molecule has 3 heterocycles. The molecule has 0 aromatic heterocycles. The summed E-state index contributed by atoms with van der Waals surface area (Å²) in [7, 11) is 0. The second-order valence-corrected chi connectivity index (χ2v) is 11.2. The highest BCUT2D eigenvalue weighted by Gasteiger charge is 2.55. The van der Waals surface area contributed by atoms with Gasteiger partial charge < -0.3 is 0 Å². The summed E-state index contributed by atoms with van der Waals surface area (Å²) in [5.41, 5.74) is 2.92. The van der Waals surface area contributed by atoms with Crippen molar-refractivity contribution in [3.8, 4) is 0 Å². The third-order valence-electron chi connectivity index (χ3n) is 6.29. The smallest absolute Gasteiger partial charge is 0.0716 e. The van der Waals surface area contributed by atoms with E-state index >= 15 is 0 Å². The molecule has 0 N–H and O–H groups in total. The van der Waals surface area contributed by atoms with Gasteiger partial charge in [-0.1, -0.05) is 60.7 Å². The minimum atomic E-state index is 0.486. The molecule has 3 saturated heterocycles. The van der Waals surface area contributed by atoms with Crippen molar-refractivity contribution in [3.05, 3.63) is 71.8 Å². The lowest BCUT2D eigenvalue weighted by molar-refractivity contribution is 0.0207. The quantitative estimate of drug-likeness (QED) is 0.754. The fourth-order valence-electron chi connectivity index (χ4n) is 5.21. The standard InChI is InChI=1S/C23H28N2S2/c1-3-7-19(8-4-1)13-24-15-21-17-25(14-20-9-5-2-6-10-20)18-22(16-24)23(21)26-11-12-27-23/h1-10,21-22H,11-18H2. The summed E-state index contributed by atoms with van der Waals surface area (Å²) < 4.78 is 0.486. The molecule has 3 aliphatic rings. The lowest BCUT2D eigenvalue weighted by atomic mass is 9.82. The number of hydrogen-bond acceptors (Lipinski definition) is 4. The van der Waals surface area contributed by atoms with Crippen LogP contribution in [0.1, 0.15) is 11.1 Å². The van der Waals surface area contributed by atoms with E-state index in [-0.39, 0.29) is 0 Å². The Bertz CT molecular complexity index is 674. The van der Waals surface area contributed by atoms with E-state index < -0.39 is 0 Å². The SMILES string of the molecule is c1ccc(CN2CC3CN(Cc4ccccc4)CC(C2)C32SCCS2)cc1. The molecule has 0 aliphatic carbocycles. The van der Waals surface area contributed by atoms with E-state index in [2.05, 4.69) is 94.0 Å². The van der Waals surface area contributed by atoms with Crippen LogP contribution in [-0.2, 0) is 13.1 Å². The third kappa shape index (κ3) is 3.69. The van der Waals surface area contributed by atoms with Crippen LogP contribution in [0.2, 0.25) is 0 Å². The maximum absolute atomic E-state index is 2.73. The lowest BCUT2D eigenvalue weighted by Gasteiger charge is -2.56. The first-order valence-electron chi connectivity index (χ1n) is 10.1. The fraction of sp³-hybridized carbons (Fsp3) is 0.478. The van der Waals surface area contributed by atoms with Crippen LogP contribution in [0.25, 0.3) is 0 Å². The number of benzene rings is 2. The van der Waals surface area contributed by atoms with Gasteiger partial charge in [0.2, 0.25) is 0 Å². The van der Waals surface area contributed by atoms with Crippen molar-refractivity contribution in [2.24, 2.45) is 11.8 Å². The van der Waals surface area contributed by atoms with Gasteiger partial charge in [0.05, 0.1) is 4.08 Å². The van der Waals surface area contributed by atoms with Gasteiger partial charge in [-0.3, -0.25) is 9.80 Å². The van der Waals surface area contributed by atoms with Gasteiger partial charge in [-0.05, 0) is 11.1 Å². The molecule has 4 heteroatoms. The van der Waals surface area contributed by atoms with Crippen LogP contribution < -0.4 is 0 Å². The molecule has 142 valence electrons. The number of nitrogens with zero attached hydrogens (tertiary/aromatic N) is 2. The average molecular weight is 397 g/mol. The van der Waals surface area contributed by atoms with Crippen LogP contribution >= 0.6 is 23.5 Å². The van der Waals surface area contributed by atoms with E-state index in [4.69, 9.17) is 0 Å². The Labute approximate surface area is 171 Å². The summed E-state index contributed by atoms with van der Waals surface area (Å²) in [6.07, 6.45) is 0. The van der Waals surface area contributed by atoms with E-state index in [0.717, 1.165) is 24.9 Å². The fourth-order valence-corrected chi connectivity index (χ4v) is 8.89. The van der Waals surface area contributed by atoms with Crippen molar-refractivity contribution >= 4 is 23.5 Å². The first kappa shape index (κ1) is 18.1. The van der Waals surface area contributed by atoms with Gasteiger partial charge in [-0.25, -0.2) is 0 Å². The number of rotatable bonds is 4. The molecule has 5 rings (SSSR count). The maximum atomic E-state index is 2.73. The molecule has 2 aromatic carbocycles. The molecule has 2 aromatic rings. The molecule has 1 spiro atoms. The summed E-state index contributed by atoms with van der Waals surface area (Å²) in [5, 5.41) is 0. The second kappa shape index (κ2) is 7.82. The van der Waals surface area contributed by atoms with Crippen molar-refractivity contribution in [1.29, 1.82) is 0 Å².